The van der Waals surface area contributed by atoms with Gasteiger partial charge in [0.15, 0.2) is 0 Å². The average Bonchev–Trinajstić information content (AvgIpc) is 3.15. The number of aromatic nitrogens is 3. The highest BCUT2D eigenvalue weighted by Crippen LogP contribution is 2.26. The van der Waals surface area contributed by atoms with Crippen molar-refractivity contribution in [2.75, 3.05) is 7.05 Å². The Balaban J connectivity index is 1.52. The fourth-order valence-electron chi connectivity index (χ4n) is 2.37. The highest BCUT2D eigenvalue weighted by Gasteiger charge is 2.11. The van der Waals surface area contributed by atoms with Gasteiger partial charge in [0, 0.05) is 29.6 Å². The Labute approximate surface area is 133 Å². The molecule has 0 aliphatic heterocycles. The number of fused-ring (bicyclic) bond motifs is 1. The van der Waals surface area contributed by atoms with Crippen molar-refractivity contribution in [1.29, 1.82) is 0 Å². The molecule has 22 heavy (non-hydrogen) atoms. The summed E-state index contributed by atoms with van der Waals surface area (Å²) in [7, 11) is 1.86. The quantitative estimate of drug-likeness (QED) is 0.703. The zero-order chi connectivity index (χ0) is 15.4. The molecule has 2 aromatic heterocycles. The van der Waals surface area contributed by atoms with E-state index >= 15 is 0 Å². The Morgan fingerprint density at radius 2 is 2.23 bits per heavy atom. The molecule has 0 fully saturated rings. The van der Waals surface area contributed by atoms with Crippen LogP contribution < -0.4 is 0 Å². The molecule has 6 heteroatoms. The fraction of sp³-hybridized carbons (Fsp3) is 0.312. The van der Waals surface area contributed by atoms with Gasteiger partial charge in [-0.1, -0.05) is 18.2 Å². The van der Waals surface area contributed by atoms with E-state index in [1.807, 2.05) is 19.2 Å². The van der Waals surface area contributed by atoms with Crippen LogP contribution in [0.3, 0.4) is 0 Å². The summed E-state index contributed by atoms with van der Waals surface area (Å²) in [6.45, 7) is 1.39. The van der Waals surface area contributed by atoms with E-state index in [1.165, 1.54) is 21.3 Å². The van der Waals surface area contributed by atoms with Crippen LogP contribution >= 0.6 is 11.3 Å². The Morgan fingerprint density at radius 3 is 3.00 bits per heavy atom. The molecule has 0 atom stereocenters. The lowest BCUT2D eigenvalue weighted by Crippen LogP contribution is -2.25. The highest BCUT2D eigenvalue weighted by atomic mass is 32.1. The lowest BCUT2D eigenvalue weighted by atomic mass is 10.2. The third-order valence-electron chi connectivity index (χ3n) is 3.54. The van der Waals surface area contributed by atoms with Gasteiger partial charge in [-0.25, -0.2) is 4.98 Å². The summed E-state index contributed by atoms with van der Waals surface area (Å²) in [5, 5.41) is 5.28. The van der Waals surface area contributed by atoms with Crippen LogP contribution in [0.5, 0.6) is 0 Å². The number of benzene rings is 1. The predicted octanol–water partition coefficient (Wildman–Crippen LogP) is 2.93. The van der Waals surface area contributed by atoms with Gasteiger partial charge in [-0.3, -0.25) is 9.48 Å². The number of carbonyl (C=O) groups is 1. The molecule has 3 rings (SSSR count). The molecule has 1 amide bonds. The SMILES string of the molecule is CN(Cc1cc2ccccc2s1)C(=O)CCCn1cncn1. The van der Waals surface area contributed by atoms with E-state index in [4.69, 9.17) is 0 Å². The Kier molecular flexibility index (Phi) is 4.48. The number of hydrogen-bond acceptors (Lipinski definition) is 4. The van der Waals surface area contributed by atoms with Crippen molar-refractivity contribution < 1.29 is 4.79 Å². The van der Waals surface area contributed by atoms with Crippen LogP contribution in [0.15, 0.2) is 43.0 Å². The number of rotatable bonds is 6. The summed E-state index contributed by atoms with van der Waals surface area (Å²) >= 11 is 1.75. The molecular formula is C16H18N4OS. The van der Waals surface area contributed by atoms with Gasteiger partial charge < -0.3 is 4.90 Å². The van der Waals surface area contributed by atoms with E-state index in [0.717, 1.165) is 13.0 Å². The molecule has 0 aliphatic carbocycles. The molecule has 0 saturated heterocycles. The topological polar surface area (TPSA) is 51.0 Å². The highest BCUT2D eigenvalue weighted by molar-refractivity contribution is 7.19. The molecule has 2 heterocycles. The molecule has 5 nitrogen and oxygen atoms in total. The van der Waals surface area contributed by atoms with Crippen LogP contribution in [-0.2, 0) is 17.9 Å². The number of nitrogens with zero attached hydrogens (tertiary/aromatic N) is 4. The van der Waals surface area contributed by atoms with E-state index in [9.17, 15) is 4.79 Å². The zero-order valence-electron chi connectivity index (χ0n) is 12.5. The van der Waals surface area contributed by atoms with Gasteiger partial charge in [-0.2, -0.15) is 5.10 Å². The minimum Gasteiger partial charge on any atom is -0.341 e. The smallest absolute Gasteiger partial charge is 0.222 e. The average molecular weight is 314 g/mol. The van der Waals surface area contributed by atoms with E-state index in [0.29, 0.717) is 13.0 Å². The summed E-state index contributed by atoms with van der Waals surface area (Å²) in [6, 6.07) is 10.5. The Bertz CT molecular complexity index is 717. The molecular weight excluding hydrogens is 296 g/mol. The van der Waals surface area contributed by atoms with Gasteiger partial charge >= 0.3 is 0 Å². The van der Waals surface area contributed by atoms with Crippen LogP contribution in [0, 0.1) is 0 Å². The lowest BCUT2D eigenvalue weighted by molar-refractivity contribution is -0.130. The second kappa shape index (κ2) is 6.70. The van der Waals surface area contributed by atoms with Crippen molar-refractivity contribution in [2.24, 2.45) is 0 Å². The first-order valence-corrected chi connectivity index (χ1v) is 8.08. The molecule has 114 valence electrons. The van der Waals surface area contributed by atoms with E-state index in [2.05, 4.69) is 28.3 Å². The van der Waals surface area contributed by atoms with Crippen LogP contribution in [0.25, 0.3) is 10.1 Å². The summed E-state index contributed by atoms with van der Waals surface area (Å²) in [5.74, 6) is 0.164. The second-order valence-electron chi connectivity index (χ2n) is 5.26. The van der Waals surface area contributed by atoms with E-state index in [1.54, 1.807) is 27.2 Å². The minimum atomic E-state index is 0.164. The minimum absolute atomic E-state index is 0.164. The maximum absolute atomic E-state index is 12.2. The number of carbonyl (C=O) groups excluding carboxylic acids is 1. The molecule has 0 unspecified atom stereocenters. The molecule has 0 N–H and O–H groups in total. The van der Waals surface area contributed by atoms with Crippen molar-refractivity contribution in [1.82, 2.24) is 19.7 Å². The molecule has 0 saturated carbocycles. The van der Waals surface area contributed by atoms with Gasteiger partial charge in [-0.05, 0) is 23.9 Å². The van der Waals surface area contributed by atoms with E-state index < -0.39 is 0 Å². The molecule has 0 bridgehead atoms. The van der Waals surface area contributed by atoms with Crippen LogP contribution in [0.1, 0.15) is 17.7 Å². The lowest BCUT2D eigenvalue weighted by Gasteiger charge is -2.16. The molecule has 1 aromatic carbocycles. The van der Waals surface area contributed by atoms with Crippen LogP contribution in [0.4, 0.5) is 0 Å². The van der Waals surface area contributed by atoms with Crippen molar-refractivity contribution in [3.63, 3.8) is 0 Å². The van der Waals surface area contributed by atoms with Crippen molar-refractivity contribution >= 4 is 27.3 Å². The summed E-state index contributed by atoms with van der Waals surface area (Å²) in [6.07, 6.45) is 4.49. The molecule has 3 aromatic rings. The third-order valence-corrected chi connectivity index (χ3v) is 4.64. The number of amides is 1. The first-order chi connectivity index (χ1) is 10.7. The van der Waals surface area contributed by atoms with E-state index in [-0.39, 0.29) is 5.91 Å². The maximum Gasteiger partial charge on any atom is 0.222 e. The number of hydrogen-bond donors (Lipinski definition) is 0. The summed E-state index contributed by atoms with van der Waals surface area (Å²) in [4.78, 5) is 19.1. The standard InChI is InChI=1S/C16H18N4OS/c1-19(16(21)7-4-8-20-12-17-11-18-20)10-14-9-13-5-2-3-6-15(13)22-14/h2-3,5-6,9,11-12H,4,7-8,10H2,1H3. The first kappa shape index (κ1) is 14.7. The van der Waals surface area contributed by atoms with Gasteiger partial charge in [0.2, 0.25) is 5.91 Å². The molecule has 0 radical (unpaired) electrons. The Morgan fingerprint density at radius 1 is 1.36 bits per heavy atom. The van der Waals surface area contributed by atoms with Gasteiger partial charge in [-0.15, -0.1) is 11.3 Å². The number of aryl methyl sites for hydroxylation is 1. The van der Waals surface area contributed by atoms with Gasteiger partial charge in [0.25, 0.3) is 0 Å². The van der Waals surface area contributed by atoms with Crippen molar-refractivity contribution in [3.05, 3.63) is 47.9 Å². The first-order valence-electron chi connectivity index (χ1n) is 7.26. The van der Waals surface area contributed by atoms with Crippen LogP contribution in [0.2, 0.25) is 0 Å². The molecule has 0 aliphatic rings. The van der Waals surface area contributed by atoms with Crippen LogP contribution in [-0.4, -0.2) is 32.6 Å². The third kappa shape index (κ3) is 3.51. The normalized spacial score (nSPS) is 11.0. The summed E-state index contributed by atoms with van der Waals surface area (Å²) in [5.41, 5.74) is 0. The van der Waals surface area contributed by atoms with Gasteiger partial charge in [0.1, 0.15) is 12.7 Å². The van der Waals surface area contributed by atoms with Crippen molar-refractivity contribution in [3.8, 4) is 0 Å². The van der Waals surface area contributed by atoms with Gasteiger partial charge in [0.05, 0.1) is 6.54 Å². The monoisotopic (exact) mass is 314 g/mol. The number of thiophene rings is 1. The second-order valence-corrected chi connectivity index (χ2v) is 6.43. The van der Waals surface area contributed by atoms with Crippen molar-refractivity contribution in [2.45, 2.75) is 25.9 Å². The zero-order valence-corrected chi connectivity index (χ0v) is 13.3. The fourth-order valence-corrected chi connectivity index (χ4v) is 3.49. The maximum atomic E-state index is 12.2. The Hall–Kier alpha value is -2.21. The predicted molar refractivity (Wildman–Crippen MR) is 87.6 cm³/mol. The molecule has 0 spiro atoms. The largest absolute Gasteiger partial charge is 0.341 e. The summed E-state index contributed by atoms with van der Waals surface area (Å²) < 4.78 is 3.02.